The minimum atomic E-state index is -0.982. The molecule has 0 amide bonds. The number of carboxylic acid groups (broad SMARTS) is 1. The highest BCUT2D eigenvalue weighted by molar-refractivity contribution is 7.99. The van der Waals surface area contributed by atoms with Crippen LogP contribution in [0.3, 0.4) is 0 Å². The van der Waals surface area contributed by atoms with Crippen molar-refractivity contribution in [2.24, 2.45) is 0 Å². The molecular formula is C24H18O4S. The van der Waals surface area contributed by atoms with Crippen LogP contribution in [0, 0.1) is 0 Å². The number of aliphatic carboxylic acids is 1. The second kappa shape index (κ2) is 7.89. The van der Waals surface area contributed by atoms with Crippen molar-refractivity contribution < 1.29 is 20.1 Å². The number of carboxylic acids is 1. The number of phenolic OH excluding ortho intramolecular Hbond substituents is 2. The lowest BCUT2D eigenvalue weighted by atomic mass is 9.89. The van der Waals surface area contributed by atoms with E-state index in [0.717, 1.165) is 50.1 Å². The largest absolute Gasteiger partial charge is 0.508 e. The third-order valence-electron chi connectivity index (χ3n) is 4.74. The van der Waals surface area contributed by atoms with Crippen molar-refractivity contribution >= 4 is 35.0 Å². The Labute approximate surface area is 172 Å². The van der Waals surface area contributed by atoms with E-state index in [4.69, 9.17) is 5.11 Å². The molecule has 144 valence electrons. The van der Waals surface area contributed by atoms with Crippen molar-refractivity contribution in [2.45, 2.75) is 4.90 Å². The zero-order valence-electron chi connectivity index (χ0n) is 15.4. The molecule has 1 aliphatic heterocycles. The van der Waals surface area contributed by atoms with E-state index in [0.29, 0.717) is 0 Å². The summed E-state index contributed by atoms with van der Waals surface area (Å²) in [5.74, 6) is 0.207. The predicted octanol–water partition coefficient (Wildman–Crippen LogP) is 5.26. The summed E-state index contributed by atoms with van der Waals surface area (Å²) in [4.78, 5) is 11.8. The molecule has 5 heteroatoms. The van der Waals surface area contributed by atoms with E-state index in [9.17, 15) is 15.0 Å². The van der Waals surface area contributed by atoms with Gasteiger partial charge in [0.25, 0.3) is 0 Å². The van der Waals surface area contributed by atoms with Gasteiger partial charge in [-0.1, -0.05) is 36.4 Å². The van der Waals surface area contributed by atoms with E-state index in [-0.39, 0.29) is 11.5 Å². The number of hydrogen-bond acceptors (Lipinski definition) is 4. The molecule has 4 nitrogen and oxygen atoms in total. The second-order valence-electron chi connectivity index (χ2n) is 6.66. The molecule has 3 aromatic rings. The summed E-state index contributed by atoms with van der Waals surface area (Å²) >= 11 is 1.67. The van der Waals surface area contributed by atoms with Crippen LogP contribution in [0.25, 0.3) is 17.2 Å². The summed E-state index contributed by atoms with van der Waals surface area (Å²) in [5, 5.41) is 28.3. The van der Waals surface area contributed by atoms with Gasteiger partial charge in [0, 0.05) is 16.7 Å². The monoisotopic (exact) mass is 402 g/mol. The Balaban J connectivity index is 1.86. The molecule has 0 unspecified atom stereocenters. The lowest BCUT2D eigenvalue weighted by molar-refractivity contribution is -0.131. The number of carbonyl (C=O) groups is 1. The maximum absolute atomic E-state index is 10.7. The lowest BCUT2D eigenvalue weighted by Crippen LogP contribution is -2.04. The average Bonchev–Trinajstić information content (AvgIpc) is 2.72. The van der Waals surface area contributed by atoms with Gasteiger partial charge in [-0.3, -0.25) is 0 Å². The number of rotatable bonds is 4. The molecule has 1 heterocycles. The molecule has 0 atom stereocenters. The van der Waals surface area contributed by atoms with Gasteiger partial charge in [-0.15, -0.1) is 11.8 Å². The molecule has 1 aliphatic rings. The van der Waals surface area contributed by atoms with Gasteiger partial charge in [0.1, 0.15) is 11.5 Å². The molecule has 4 rings (SSSR count). The Morgan fingerprint density at radius 3 is 2.21 bits per heavy atom. The highest BCUT2D eigenvalue weighted by Gasteiger charge is 2.22. The SMILES string of the molecule is O=C(O)C=Cc1ccc(C2=C(c3ccc(O)cc3)CSc3cc(O)ccc32)cc1. The van der Waals surface area contributed by atoms with Crippen LogP contribution in [0.4, 0.5) is 0 Å². The van der Waals surface area contributed by atoms with E-state index in [1.807, 2.05) is 42.5 Å². The van der Waals surface area contributed by atoms with Gasteiger partial charge < -0.3 is 15.3 Å². The van der Waals surface area contributed by atoms with Gasteiger partial charge in [-0.05, 0) is 69.8 Å². The van der Waals surface area contributed by atoms with Gasteiger partial charge in [-0.25, -0.2) is 4.79 Å². The number of benzene rings is 3. The van der Waals surface area contributed by atoms with Crippen molar-refractivity contribution in [1.82, 2.24) is 0 Å². The maximum atomic E-state index is 10.7. The van der Waals surface area contributed by atoms with Gasteiger partial charge in [-0.2, -0.15) is 0 Å². The highest BCUT2D eigenvalue weighted by Crippen LogP contribution is 2.45. The minimum Gasteiger partial charge on any atom is -0.508 e. The quantitative estimate of drug-likeness (QED) is 0.519. The Morgan fingerprint density at radius 1 is 0.862 bits per heavy atom. The smallest absolute Gasteiger partial charge is 0.328 e. The average molecular weight is 402 g/mol. The highest BCUT2D eigenvalue weighted by atomic mass is 32.2. The summed E-state index contributed by atoms with van der Waals surface area (Å²) in [5.41, 5.74) is 6.09. The summed E-state index contributed by atoms with van der Waals surface area (Å²) in [6.45, 7) is 0. The standard InChI is InChI=1S/C24H18O4S/c25-18-8-6-16(7-9-18)21-14-29-22-13-19(26)10-11-20(22)24(21)17-4-1-15(2-5-17)3-12-23(27)28/h1-13,25-26H,14H2,(H,27,28). The van der Waals surface area contributed by atoms with Crippen molar-refractivity contribution in [1.29, 1.82) is 0 Å². The van der Waals surface area contributed by atoms with Gasteiger partial charge in [0.05, 0.1) is 0 Å². The van der Waals surface area contributed by atoms with E-state index in [1.54, 1.807) is 42.1 Å². The number of phenols is 2. The first-order valence-electron chi connectivity index (χ1n) is 9.01. The van der Waals surface area contributed by atoms with Crippen molar-refractivity contribution in [3.8, 4) is 11.5 Å². The molecule has 0 aliphatic carbocycles. The third kappa shape index (κ3) is 4.05. The zero-order chi connectivity index (χ0) is 20.4. The van der Waals surface area contributed by atoms with E-state index >= 15 is 0 Å². The fourth-order valence-corrected chi connectivity index (χ4v) is 4.51. The molecule has 0 spiro atoms. The first kappa shape index (κ1) is 18.9. The lowest BCUT2D eigenvalue weighted by Gasteiger charge is -2.24. The van der Waals surface area contributed by atoms with E-state index in [1.165, 1.54) is 0 Å². The predicted molar refractivity (Wildman–Crippen MR) is 116 cm³/mol. The molecule has 3 N–H and O–H groups in total. The van der Waals surface area contributed by atoms with Crippen LogP contribution in [-0.4, -0.2) is 27.0 Å². The maximum Gasteiger partial charge on any atom is 0.328 e. The summed E-state index contributed by atoms with van der Waals surface area (Å²) < 4.78 is 0. The van der Waals surface area contributed by atoms with Crippen LogP contribution >= 0.6 is 11.8 Å². The molecule has 0 saturated carbocycles. The van der Waals surface area contributed by atoms with Crippen molar-refractivity contribution in [2.75, 3.05) is 5.75 Å². The van der Waals surface area contributed by atoms with E-state index in [2.05, 4.69) is 0 Å². The normalized spacial score (nSPS) is 13.5. The number of fused-ring (bicyclic) bond motifs is 1. The molecule has 0 saturated heterocycles. The van der Waals surface area contributed by atoms with Crippen molar-refractivity contribution in [3.63, 3.8) is 0 Å². The fourth-order valence-electron chi connectivity index (χ4n) is 3.37. The summed E-state index contributed by atoms with van der Waals surface area (Å²) in [6, 6.07) is 20.3. The first-order valence-corrected chi connectivity index (χ1v) is 10.00. The van der Waals surface area contributed by atoms with Crippen LogP contribution in [-0.2, 0) is 4.79 Å². The molecule has 0 bridgehead atoms. The second-order valence-corrected chi connectivity index (χ2v) is 7.68. The van der Waals surface area contributed by atoms with Gasteiger partial charge in [0.15, 0.2) is 0 Å². The Kier molecular flexibility index (Phi) is 5.14. The summed E-state index contributed by atoms with van der Waals surface area (Å²) in [7, 11) is 0. The number of thioether (sulfide) groups is 1. The number of hydrogen-bond donors (Lipinski definition) is 3. The molecule has 0 fully saturated rings. The number of aromatic hydroxyl groups is 2. The van der Waals surface area contributed by atoms with Gasteiger partial charge in [0.2, 0.25) is 0 Å². The van der Waals surface area contributed by atoms with Gasteiger partial charge >= 0.3 is 5.97 Å². The zero-order valence-corrected chi connectivity index (χ0v) is 16.2. The fraction of sp³-hybridized carbons (Fsp3) is 0.0417. The van der Waals surface area contributed by atoms with Crippen LogP contribution in [0.1, 0.15) is 22.3 Å². The molecular weight excluding hydrogens is 384 g/mol. The third-order valence-corrected chi connectivity index (χ3v) is 5.82. The van der Waals surface area contributed by atoms with Crippen LogP contribution in [0.15, 0.2) is 77.7 Å². The topological polar surface area (TPSA) is 77.8 Å². The van der Waals surface area contributed by atoms with Crippen molar-refractivity contribution in [3.05, 3.63) is 95.1 Å². The molecule has 0 aromatic heterocycles. The minimum absolute atomic E-state index is 0.222. The molecule has 0 radical (unpaired) electrons. The molecule has 3 aromatic carbocycles. The Hall–Kier alpha value is -3.44. The first-order chi connectivity index (χ1) is 14.0. The molecule has 29 heavy (non-hydrogen) atoms. The van der Waals surface area contributed by atoms with Crippen LogP contribution in [0.2, 0.25) is 0 Å². The Bertz CT molecular complexity index is 1130. The van der Waals surface area contributed by atoms with Crippen LogP contribution < -0.4 is 0 Å². The Morgan fingerprint density at radius 2 is 1.52 bits per heavy atom. The summed E-state index contributed by atoms with van der Waals surface area (Å²) in [6.07, 6.45) is 2.68. The van der Waals surface area contributed by atoms with E-state index < -0.39 is 5.97 Å². The van der Waals surface area contributed by atoms with Crippen LogP contribution in [0.5, 0.6) is 11.5 Å².